The predicted molar refractivity (Wildman–Crippen MR) is 95.0 cm³/mol. The molecule has 1 aromatic carbocycles. The Bertz CT molecular complexity index is 808. The van der Waals surface area contributed by atoms with Crippen molar-refractivity contribution in [1.82, 2.24) is 10.2 Å². The summed E-state index contributed by atoms with van der Waals surface area (Å²) in [6.07, 6.45) is 9.43. The molecule has 1 aliphatic heterocycles. The van der Waals surface area contributed by atoms with E-state index in [1.54, 1.807) is 0 Å². The van der Waals surface area contributed by atoms with Crippen LogP contribution in [0.1, 0.15) is 44.4 Å². The van der Waals surface area contributed by atoms with E-state index in [0.29, 0.717) is 24.5 Å². The van der Waals surface area contributed by atoms with E-state index in [1.165, 1.54) is 38.5 Å². The average molecular weight is 352 g/mol. The van der Waals surface area contributed by atoms with Gasteiger partial charge in [-0.2, -0.15) is 0 Å². The highest BCUT2D eigenvalue weighted by Gasteiger charge is 2.51. The molecule has 4 fully saturated rings. The zero-order chi connectivity index (χ0) is 17.1. The van der Waals surface area contributed by atoms with Crippen LogP contribution in [0.3, 0.4) is 0 Å². The van der Waals surface area contributed by atoms with Crippen LogP contribution in [0.2, 0.25) is 0 Å². The SMILES string of the molecule is c1cc2c(cc1-c1nnc(CC34CC5CC(CC(C5)C3)C4)o1)OCCO2. The summed E-state index contributed by atoms with van der Waals surface area (Å²) in [5.41, 5.74) is 1.32. The minimum Gasteiger partial charge on any atom is -0.486 e. The second-order valence-corrected chi connectivity index (χ2v) is 8.95. The van der Waals surface area contributed by atoms with Crippen molar-refractivity contribution in [2.75, 3.05) is 13.2 Å². The lowest BCUT2D eigenvalue weighted by atomic mass is 9.49. The Hall–Kier alpha value is -2.04. The third kappa shape index (κ3) is 2.43. The molecule has 7 rings (SSSR count). The van der Waals surface area contributed by atoms with Crippen molar-refractivity contribution in [1.29, 1.82) is 0 Å². The first kappa shape index (κ1) is 15.1. The van der Waals surface area contributed by atoms with Crippen molar-refractivity contribution in [2.45, 2.75) is 44.9 Å². The summed E-state index contributed by atoms with van der Waals surface area (Å²) in [6, 6.07) is 5.83. The Labute approximate surface area is 153 Å². The van der Waals surface area contributed by atoms with Gasteiger partial charge in [0, 0.05) is 12.0 Å². The van der Waals surface area contributed by atoms with Crippen LogP contribution in [0.4, 0.5) is 0 Å². The summed E-state index contributed by atoms with van der Waals surface area (Å²) in [5.74, 6) is 5.77. The minimum absolute atomic E-state index is 0.422. The van der Waals surface area contributed by atoms with Crippen LogP contribution in [0.5, 0.6) is 11.5 Å². The van der Waals surface area contributed by atoms with E-state index in [-0.39, 0.29) is 0 Å². The van der Waals surface area contributed by atoms with Crippen molar-refractivity contribution < 1.29 is 13.9 Å². The zero-order valence-electron chi connectivity index (χ0n) is 14.9. The van der Waals surface area contributed by atoms with Crippen LogP contribution in [-0.2, 0) is 6.42 Å². The lowest BCUT2D eigenvalue weighted by molar-refractivity contribution is -0.0550. The standard InChI is InChI=1S/C21H24N2O3/c1-2-17-18(25-4-3-24-17)8-16(1)20-23-22-19(26-20)12-21-9-13-5-14(10-21)7-15(6-13)11-21/h1-2,8,13-15H,3-7,9-12H2. The van der Waals surface area contributed by atoms with E-state index in [4.69, 9.17) is 13.9 Å². The normalized spacial score (nSPS) is 34.2. The molecule has 1 aromatic heterocycles. The van der Waals surface area contributed by atoms with Gasteiger partial charge >= 0.3 is 0 Å². The van der Waals surface area contributed by atoms with Crippen LogP contribution < -0.4 is 9.47 Å². The summed E-state index contributed by atoms with van der Waals surface area (Å²) < 4.78 is 17.3. The summed E-state index contributed by atoms with van der Waals surface area (Å²) in [6.45, 7) is 1.18. The molecule has 0 N–H and O–H groups in total. The summed E-state index contributed by atoms with van der Waals surface area (Å²) in [7, 11) is 0. The molecule has 0 spiro atoms. The van der Waals surface area contributed by atoms with Crippen LogP contribution in [0.25, 0.3) is 11.5 Å². The molecule has 2 heterocycles. The van der Waals surface area contributed by atoms with Crippen molar-refractivity contribution >= 4 is 0 Å². The highest BCUT2D eigenvalue weighted by molar-refractivity contribution is 5.59. The van der Waals surface area contributed by atoms with Gasteiger partial charge < -0.3 is 13.9 Å². The third-order valence-electron chi connectivity index (χ3n) is 6.95. The summed E-state index contributed by atoms with van der Waals surface area (Å²) >= 11 is 0. The van der Waals surface area contributed by atoms with Crippen molar-refractivity contribution in [2.24, 2.45) is 23.2 Å². The zero-order valence-corrected chi connectivity index (χ0v) is 14.9. The molecule has 0 amide bonds. The Morgan fingerprint density at radius 2 is 1.58 bits per heavy atom. The maximum Gasteiger partial charge on any atom is 0.247 e. The highest BCUT2D eigenvalue weighted by atomic mass is 16.6. The number of hydrogen-bond donors (Lipinski definition) is 0. The molecule has 4 aliphatic carbocycles. The van der Waals surface area contributed by atoms with Crippen LogP contribution in [-0.4, -0.2) is 23.4 Å². The summed E-state index contributed by atoms with van der Waals surface area (Å²) in [4.78, 5) is 0. The fourth-order valence-corrected chi connectivity index (χ4v) is 6.45. The number of aromatic nitrogens is 2. The first-order valence-corrected chi connectivity index (χ1v) is 9.97. The molecule has 5 nitrogen and oxygen atoms in total. The van der Waals surface area contributed by atoms with Crippen molar-refractivity contribution in [3.8, 4) is 23.0 Å². The van der Waals surface area contributed by atoms with E-state index in [9.17, 15) is 0 Å². The lowest BCUT2D eigenvalue weighted by Gasteiger charge is -2.56. The number of fused-ring (bicyclic) bond motifs is 1. The van der Waals surface area contributed by atoms with Gasteiger partial charge in [0.15, 0.2) is 11.5 Å². The Balaban J connectivity index is 1.25. The molecule has 5 aliphatic rings. The van der Waals surface area contributed by atoms with E-state index >= 15 is 0 Å². The van der Waals surface area contributed by atoms with Gasteiger partial charge in [0.1, 0.15) is 13.2 Å². The first-order valence-electron chi connectivity index (χ1n) is 9.97. The smallest absolute Gasteiger partial charge is 0.247 e. The topological polar surface area (TPSA) is 57.4 Å². The molecule has 26 heavy (non-hydrogen) atoms. The molecule has 0 atom stereocenters. The Kier molecular flexibility index (Phi) is 3.17. The fourth-order valence-electron chi connectivity index (χ4n) is 6.45. The van der Waals surface area contributed by atoms with Crippen LogP contribution in [0, 0.1) is 23.2 Å². The monoisotopic (exact) mass is 352 g/mol. The van der Waals surface area contributed by atoms with Crippen molar-refractivity contribution in [3.63, 3.8) is 0 Å². The molecule has 136 valence electrons. The molecule has 0 radical (unpaired) electrons. The van der Waals surface area contributed by atoms with Gasteiger partial charge in [-0.25, -0.2) is 0 Å². The fraction of sp³-hybridized carbons (Fsp3) is 0.619. The Morgan fingerprint density at radius 3 is 2.31 bits per heavy atom. The second kappa shape index (κ2) is 5.48. The van der Waals surface area contributed by atoms with Gasteiger partial charge in [0.25, 0.3) is 0 Å². The summed E-state index contributed by atoms with van der Waals surface area (Å²) in [5, 5.41) is 8.71. The molecular weight excluding hydrogens is 328 g/mol. The predicted octanol–water partition coefficient (Wildman–Crippen LogP) is 4.27. The highest BCUT2D eigenvalue weighted by Crippen LogP contribution is 2.61. The molecular formula is C21H24N2O3. The molecule has 4 saturated carbocycles. The van der Waals surface area contributed by atoms with E-state index in [2.05, 4.69) is 10.2 Å². The number of hydrogen-bond acceptors (Lipinski definition) is 5. The molecule has 4 bridgehead atoms. The second-order valence-electron chi connectivity index (χ2n) is 8.95. The van der Waals surface area contributed by atoms with Gasteiger partial charge in [0.05, 0.1) is 0 Å². The number of ether oxygens (including phenoxy) is 2. The molecule has 0 unspecified atom stereocenters. The Morgan fingerprint density at radius 1 is 0.885 bits per heavy atom. The van der Waals surface area contributed by atoms with E-state index in [1.807, 2.05) is 18.2 Å². The number of nitrogens with zero attached hydrogens (tertiary/aromatic N) is 2. The average Bonchev–Trinajstić information content (AvgIpc) is 3.08. The van der Waals surface area contributed by atoms with Gasteiger partial charge in [-0.15, -0.1) is 10.2 Å². The third-order valence-corrected chi connectivity index (χ3v) is 6.95. The van der Waals surface area contributed by atoms with Gasteiger partial charge in [-0.3, -0.25) is 0 Å². The quantitative estimate of drug-likeness (QED) is 0.826. The molecule has 2 aromatic rings. The number of rotatable bonds is 3. The van der Waals surface area contributed by atoms with Crippen molar-refractivity contribution in [3.05, 3.63) is 24.1 Å². The maximum atomic E-state index is 6.08. The van der Waals surface area contributed by atoms with Gasteiger partial charge in [0.2, 0.25) is 11.8 Å². The minimum atomic E-state index is 0.422. The largest absolute Gasteiger partial charge is 0.486 e. The van der Waals surface area contributed by atoms with Crippen LogP contribution in [0.15, 0.2) is 22.6 Å². The molecule has 5 heteroatoms. The van der Waals surface area contributed by atoms with Gasteiger partial charge in [-0.05, 0) is 79.9 Å². The number of benzene rings is 1. The maximum absolute atomic E-state index is 6.08. The molecule has 0 saturated heterocycles. The van der Waals surface area contributed by atoms with E-state index in [0.717, 1.165) is 47.1 Å². The van der Waals surface area contributed by atoms with E-state index < -0.39 is 0 Å². The first-order chi connectivity index (χ1) is 12.7. The lowest BCUT2D eigenvalue weighted by Crippen LogP contribution is -2.47. The van der Waals surface area contributed by atoms with Gasteiger partial charge in [-0.1, -0.05) is 0 Å². The van der Waals surface area contributed by atoms with Crippen LogP contribution >= 0.6 is 0 Å².